The van der Waals surface area contributed by atoms with Gasteiger partial charge in [-0.15, -0.1) is 0 Å². The highest BCUT2D eigenvalue weighted by molar-refractivity contribution is 6.30. The van der Waals surface area contributed by atoms with Crippen LogP contribution in [-0.4, -0.2) is 6.54 Å². The third-order valence-electron chi connectivity index (χ3n) is 3.31. The fraction of sp³-hybridized carbons (Fsp3) is 0.538. The van der Waals surface area contributed by atoms with Crippen LogP contribution in [0.1, 0.15) is 37.8 Å². The van der Waals surface area contributed by atoms with E-state index in [0.717, 1.165) is 17.5 Å². The molecule has 1 nitrogen and oxygen atoms in total. The molecule has 0 saturated heterocycles. The van der Waals surface area contributed by atoms with E-state index in [0.29, 0.717) is 6.04 Å². The molecular weight excluding hydrogens is 206 g/mol. The number of halogens is 1. The van der Waals surface area contributed by atoms with Crippen molar-refractivity contribution in [1.29, 1.82) is 0 Å². The SMILES string of the molecule is C[C@H](NCC1CCC1)c1ccc(Cl)cc1. The largest absolute Gasteiger partial charge is 0.310 e. The fourth-order valence-electron chi connectivity index (χ4n) is 1.91. The number of nitrogens with one attached hydrogen (secondary N) is 1. The standard InChI is InChI=1S/C13H18ClN/c1-10(15-9-11-3-2-4-11)12-5-7-13(14)8-6-12/h5-8,10-11,15H,2-4,9H2,1H3/t10-/m0/s1. The maximum atomic E-state index is 5.86. The third kappa shape index (κ3) is 2.96. The summed E-state index contributed by atoms with van der Waals surface area (Å²) in [5.41, 5.74) is 1.32. The van der Waals surface area contributed by atoms with Crippen molar-refractivity contribution in [3.05, 3.63) is 34.9 Å². The molecule has 0 heterocycles. The Morgan fingerprint density at radius 2 is 2.00 bits per heavy atom. The molecule has 2 heteroatoms. The first-order valence-electron chi connectivity index (χ1n) is 5.74. The molecule has 0 aromatic heterocycles. The van der Waals surface area contributed by atoms with Gasteiger partial charge in [0.15, 0.2) is 0 Å². The van der Waals surface area contributed by atoms with E-state index < -0.39 is 0 Å². The summed E-state index contributed by atoms with van der Waals surface area (Å²) in [5, 5.41) is 4.39. The van der Waals surface area contributed by atoms with Gasteiger partial charge in [-0.1, -0.05) is 30.2 Å². The van der Waals surface area contributed by atoms with Crippen molar-refractivity contribution in [3.63, 3.8) is 0 Å². The fourth-order valence-corrected chi connectivity index (χ4v) is 2.04. The molecule has 1 aromatic carbocycles. The van der Waals surface area contributed by atoms with Gasteiger partial charge in [0.05, 0.1) is 0 Å². The van der Waals surface area contributed by atoms with Gasteiger partial charge in [0.2, 0.25) is 0 Å². The smallest absolute Gasteiger partial charge is 0.0406 e. The van der Waals surface area contributed by atoms with E-state index in [1.54, 1.807) is 0 Å². The summed E-state index contributed by atoms with van der Waals surface area (Å²) in [6.07, 6.45) is 4.22. The summed E-state index contributed by atoms with van der Waals surface area (Å²) < 4.78 is 0. The van der Waals surface area contributed by atoms with Gasteiger partial charge >= 0.3 is 0 Å². The molecule has 0 amide bonds. The van der Waals surface area contributed by atoms with E-state index in [9.17, 15) is 0 Å². The van der Waals surface area contributed by atoms with Crippen LogP contribution in [0.4, 0.5) is 0 Å². The van der Waals surface area contributed by atoms with Crippen LogP contribution in [0.3, 0.4) is 0 Å². The lowest BCUT2D eigenvalue weighted by atomic mass is 9.85. The normalized spacial score (nSPS) is 18.5. The van der Waals surface area contributed by atoms with Crippen molar-refractivity contribution >= 4 is 11.6 Å². The van der Waals surface area contributed by atoms with Crippen molar-refractivity contribution in [1.82, 2.24) is 5.32 Å². The first-order valence-corrected chi connectivity index (χ1v) is 6.12. The number of hydrogen-bond acceptors (Lipinski definition) is 1. The molecule has 15 heavy (non-hydrogen) atoms. The number of rotatable bonds is 4. The molecule has 1 aliphatic rings. The molecule has 1 N–H and O–H groups in total. The van der Waals surface area contributed by atoms with Crippen molar-refractivity contribution in [2.75, 3.05) is 6.54 Å². The van der Waals surface area contributed by atoms with Crippen LogP contribution < -0.4 is 5.32 Å². The molecule has 1 saturated carbocycles. The van der Waals surface area contributed by atoms with Gasteiger partial charge in [0.25, 0.3) is 0 Å². The highest BCUT2D eigenvalue weighted by atomic mass is 35.5. The molecule has 1 atom stereocenters. The zero-order valence-electron chi connectivity index (χ0n) is 9.17. The van der Waals surface area contributed by atoms with Crippen LogP contribution in [-0.2, 0) is 0 Å². The minimum atomic E-state index is 0.433. The summed E-state index contributed by atoms with van der Waals surface area (Å²) in [5.74, 6) is 0.916. The molecular formula is C13H18ClN. The van der Waals surface area contributed by atoms with Gasteiger partial charge < -0.3 is 5.32 Å². The van der Waals surface area contributed by atoms with E-state index in [2.05, 4.69) is 24.4 Å². The van der Waals surface area contributed by atoms with Crippen LogP contribution in [0.2, 0.25) is 5.02 Å². The first-order chi connectivity index (χ1) is 7.25. The van der Waals surface area contributed by atoms with E-state index in [-0.39, 0.29) is 0 Å². The molecule has 0 radical (unpaired) electrons. The van der Waals surface area contributed by atoms with Crippen LogP contribution in [0.15, 0.2) is 24.3 Å². The minimum Gasteiger partial charge on any atom is -0.310 e. The van der Waals surface area contributed by atoms with E-state index in [1.165, 1.54) is 24.8 Å². The summed E-state index contributed by atoms with van der Waals surface area (Å²) in [7, 11) is 0. The summed E-state index contributed by atoms with van der Waals surface area (Å²) in [6.45, 7) is 3.37. The summed E-state index contributed by atoms with van der Waals surface area (Å²) in [4.78, 5) is 0. The van der Waals surface area contributed by atoms with Gasteiger partial charge in [-0.3, -0.25) is 0 Å². The van der Waals surface area contributed by atoms with Crippen molar-refractivity contribution in [2.45, 2.75) is 32.2 Å². The van der Waals surface area contributed by atoms with Crippen LogP contribution in [0, 0.1) is 5.92 Å². The minimum absolute atomic E-state index is 0.433. The highest BCUT2D eigenvalue weighted by Crippen LogP contribution is 2.26. The quantitative estimate of drug-likeness (QED) is 0.819. The second-order valence-electron chi connectivity index (χ2n) is 4.48. The molecule has 0 spiro atoms. The molecule has 82 valence electrons. The zero-order valence-corrected chi connectivity index (χ0v) is 9.93. The highest BCUT2D eigenvalue weighted by Gasteiger charge is 2.17. The maximum absolute atomic E-state index is 5.86. The zero-order chi connectivity index (χ0) is 10.7. The van der Waals surface area contributed by atoms with Crippen molar-refractivity contribution in [3.8, 4) is 0 Å². The predicted molar refractivity (Wildman–Crippen MR) is 65.2 cm³/mol. The lowest BCUT2D eigenvalue weighted by Gasteiger charge is -2.27. The Bertz CT molecular complexity index is 303. The van der Waals surface area contributed by atoms with Crippen LogP contribution in [0.5, 0.6) is 0 Å². The predicted octanol–water partition coefficient (Wildman–Crippen LogP) is 3.79. The molecule has 1 aromatic rings. The third-order valence-corrected chi connectivity index (χ3v) is 3.56. The number of hydrogen-bond donors (Lipinski definition) is 1. The molecule has 0 bridgehead atoms. The van der Waals surface area contributed by atoms with Gasteiger partial charge in [0, 0.05) is 11.1 Å². The second kappa shape index (κ2) is 5.00. The van der Waals surface area contributed by atoms with Gasteiger partial charge in [-0.2, -0.15) is 0 Å². The molecule has 1 aliphatic carbocycles. The Kier molecular flexibility index (Phi) is 3.66. The lowest BCUT2D eigenvalue weighted by molar-refractivity contribution is 0.292. The monoisotopic (exact) mass is 223 g/mol. The summed E-state index contributed by atoms with van der Waals surface area (Å²) in [6, 6.07) is 8.54. The molecule has 1 fully saturated rings. The van der Waals surface area contributed by atoms with Gasteiger partial charge in [0.1, 0.15) is 0 Å². The van der Waals surface area contributed by atoms with Gasteiger partial charge in [-0.25, -0.2) is 0 Å². The Morgan fingerprint density at radius 1 is 1.33 bits per heavy atom. The molecule has 0 unspecified atom stereocenters. The Balaban J connectivity index is 1.83. The van der Waals surface area contributed by atoms with E-state index >= 15 is 0 Å². The topological polar surface area (TPSA) is 12.0 Å². The van der Waals surface area contributed by atoms with Crippen molar-refractivity contribution < 1.29 is 0 Å². The van der Waals surface area contributed by atoms with E-state index in [4.69, 9.17) is 11.6 Å². The van der Waals surface area contributed by atoms with Crippen LogP contribution >= 0.6 is 11.6 Å². The summed E-state index contributed by atoms with van der Waals surface area (Å²) >= 11 is 5.86. The molecule has 0 aliphatic heterocycles. The maximum Gasteiger partial charge on any atom is 0.0406 e. The lowest BCUT2D eigenvalue weighted by Crippen LogP contribution is -2.29. The Hall–Kier alpha value is -0.530. The second-order valence-corrected chi connectivity index (χ2v) is 4.91. The average molecular weight is 224 g/mol. The first kappa shape index (κ1) is 11.0. The number of benzene rings is 1. The van der Waals surface area contributed by atoms with Crippen LogP contribution in [0.25, 0.3) is 0 Å². The Labute approximate surface area is 96.8 Å². The van der Waals surface area contributed by atoms with E-state index in [1.807, 2.05) is 12.1 Å². The van der Waals surface area contributed by atoms with Gasteiger partial charge in [-0.05, 0) is 49.9 Å². The Morgan fingerprint density at radius 3 is 2.53 bits per heavy atom. The van der Waals surface area contributed by atoms with Crippen molar-refractivity contribution in [2.24, 2.45) is 5.92 Å². The molecule has 2 rings (SSSR count). The average Bonchev–Trinajstić information content (AvgIpc) is 2.16.